The molecule has 1 fully saturated rings. The third-order valence-electron chi connectivity index (χ3n) is 3.86. The Morgan fingerprint density at radius 3 is 2.45 bits per heavy atom. The molecule has 1 saturated heterocycles. The first-order valence-electron chi connectivity index (χ1n) is 9.08. The van der Waals surface area contributed by atoms with Crippen LogP contribution in [0.3, 0.4) is 0 Å². The molecule has 1 aliphatic rings. The fourth-order valence-corrected chi connectivity index (χ4v) is 3.54. The van der Waals surface area contributed by atoms with Gasteiger partial charge in [-0.1, -0.05) is 6.08 Å². The number of hydrogen-bond acceptors (Lipinski definition) is 6. The summed E-state index contributed by atoms with van der Waals surface area (Å²) in [6.45, 7) is 5.33. The molecule has 29 heavy (non-hydrogen) atoms. The maximum absolute atomic E-state index is 12.2. The summed E-state index contributed by atoms with van der Waals surface area (Å²) in [5.41, 5.74) is 0.783. The highest BCUT2D eigenvalue weighted by molar-refractivity contribution is 8.00. The molecule has 1 aromatic rings. The highest BCUT2D eigenvalue weighted by atomic mass is 32.2. The zero-order chi connectivity index (χ0) is 21.2. The van der Waals surface area contributed by atoms with Crippen LogP contribution in [0.2, 0.25) is 0 Å². The van der Waals surface area contributed by atoms with E-state index in [1.54, 1.807) is 30.3 Å². The Hall–Kier alpha value is -2.85. The van der Waals surface area contributed by atoms with Gasteiger partial charge in [-0.3, -0.25) is 24.5 Å². The van der Waals surface area contributed by atoms with Crippen molar-refractivity contribution >= 4 is 46.8 Å². The standard InChI is InChI=1S/C19H25N5O4S/c1-3-8-20-16(26)9-15-10-17(27)24-19(23-15)29-11-18(28)22-14-6-4-13(5-7-14)21-12(2)25/h3-7,15,19,23H,1,8-11H2,2H3,(H,20,26)(H,21,25)(H,22,28)(H,24,27). The van der Waals surface area contributed by atoms with Gasteiger partial charge in [-0.05, 0) is 24.3 Å². The highest BCUT2D eigenvalue weighted by Crippen LogP contribution is 2.16. The van der Waals surface area contributed by atoms with Gasteiger partial charge in [-0.2, -0.15) is 0 Å². The predicted octanol–water partition coefficient (Wildman–Crippen LogP) is 0.771. The third-order valence-corrected chi connectivity index (χ3v) is 4.87. The molecule has 1 aromatic carbocycles. The smallest absolute Gasteiger partial charge is 0.234 e. The van der Waals surface area contributed by atoms with Crippen LogP contribution in [0.5, 0.6) is 0 Å². The van der Waals surface area contributed by atoms with Crippen LogP contribution >= 0.6 is 11.8 Å². The molecular formula is C19H25N5O4S. The van der Waals surface area contributed by atoms with Gasteiger partial charge in [0.1, 0.15) is 5.50 Å². The Balaban J connectivity index is 1.78. The summed E-state index contributed by atoms with van der Waals surface area (Å²) >= 11 is 1.23. The lowest BCUT2D eigenvalue weighted by Gasteiger charge is -2.30. The monoisotopic (exact) mass is 419 g/mol. The molecule has 156 valence electrons. The fourth-order valence-electron chi connectivity index (χ4n) is 2.64. The van der Waals surface area contributed by atoms with Gasteiger partial charge in [0.05, 0.1) is 5.75 Å². The molecule has 2 rings (SSSR count). The van der Waals surface area contributed by atoms with Gasteiger partial charge < -0.3 is 21.3 Å². The Morgan fingerprint density at radius 2 is 1.83 bits per heavy atom. The summed E-state index contributed by atoms with van der Waals surface area (Å²) in [5.74, 6) is -0.625. The number of hydrogen-bond donors (Lipinski definition) is 5. The summed E-state index contributed by atoms with van der Waals surface area (Å²) < 4.78 is 0. The summed E-state index contributed by atoms with van der Waals surface area (Å²) in [4.78, 5) is 46.9. The second-order valence-electron chi connectivity index (χ2n) is 6.43. The van der Waals surface area contributed by atoms with Gasteiger partial charge in [0.15, 0.2) is 0 Å². The normalized spacial score (nSPS) is 18.3. The quantitative estimate of drug-likeness (QED) is 0.376. The van der Waals surface area contributed by atoms with Gasteiger partial charge in [0.25, 0.3) is 0 Å². The molecule has 4 amide bonds. The number of anilines is 2. The number of carbonyl (C=O) groups is 4. The number of amides is 4. The number of benzene rings is 1. The number of nitrogens with one attached hydrogen (secondary N) is 5. The van der Waals surface area contributed by atoms with E-state index in [4.69, 9.17) is 0 Å². The van der Waals surface area contributed by atoms with Crippen LogP contribution in [0.4, 0.5) is 11.4 Å². The molecule has 0 radical (unpaired) electrons. The zero-order valence-corrected chi connectivity index (χ0v) is 16.9. The van der Waals surface area contributed by atoms with Crippen LogP contribution in [0.15, 0.2) is 36.9 Å². The van der Waals surface area contributed by atoms with Gasteiger partial charge in [0.2, 0.25) is 23.6 Å². The van der Waals surface area contributed by atoms with E-state index in [0.717, 1.165) is 0 Å². The van der Waals surface area contributed by atoms with E-state index in [9.17, 15) is 19.2 Å². The lowest BCUT2D eigenvalue weighted by molar-refractivity contribution is -0.125. The van der Waals surface area contributed by atoms with Crippen molar-refractivity contribution in [2.45, 2.75) is 31.3 Å². The zero-order valence-electron chi connectivity index (χ0n) is 16.1. The topological polar surface area (TPSA) is 128 Å². The van der Waals surface area contributed by atoms with Crippen molar-refractivity contribution in [3.63, 3.8) is 0 Å². The first kappa shape index (κ1) is 22.4. The Labute approximate surface area is 173 Å². The average molecular weight is 420 g/mol. The van der Waals surface area contributed by atoms with Crippen LogP contribution < -0.4 is 26.6 Å². The van der Waals surface area contributed by atoms with Crippen molar-refractivity contribution in [2.24, 2.45) is 0 Å². The van der Waals surface area contributed by atoms with Gasteiger partial charge in [0, 0.05) is 43.7 Å². The van der Waals surface area contributed by atoms with Gasteiger partial charge in [-0.25, -0.2) is 0 Å². The summed E-state index contributed by atoms with van der Waals surface area (Å²) in [6.07, 6.45) is 1.96. The van der Waals surface area contributed by atoms with E-state index in [1.807, 2.05) is 0 Å². The predicted molar refractivity (Wildman–Crippen MR) is 113 cm³/mol. The van der Waals surface area contributed by atoms with Crippen LogP contribution in [-0.2, 0) is 19.2 Å². The molecule has 0 spiro atoms. The minimum absolute atomic E-state index is 0.112. The molecule has 1 aliphatic heterocycles. The van der Waals surface area contributed by atoms with E-state index in [-0.39, 0.29) is 48.3 Å². The van der Waals surface area contributed by atoms with E-state index < -0.39 is 5.50 Å². The van der Waals surface area contributed by atoms with Crippen LogP contribution in [-0.4, -0.2) is 47.5 Å². The van der Waals surface area contributed by atoms with Gasteiger partial charge >= 0.3 is 0 Å². The maximum atomic E-state index is 12.2. The molecule has 0 bridgehead atoms. The van der Waals surface area contributed by atoms with E-state index in [2.05, 4.69) is 33.2 Å². The van der Waals surface area contributed by atoms with Crippen molar-refractivity contribution in [1.29, 1.82) is 0 Å². The van der Waals surface area contributed by atoms with Crippen molar-refractivity contribution < 1.29 is 19.2 Å². The van der Waals surface area contributed by atoms with Crippen molar-refractivity contribution in [3.05, 3.63) is 36.9 Å². The molecule has 2 unspecified atom stereocenters. The third kappa shape index (κ3) is 8.36. The highest BCUT2D eigenvalue weighted by Gasteiger charge is 2.27. The SMILES string of the molecule is C=CCNC(=O)CC1CC(=O)NC(SCC(=O)Nc2ccc(NC(C)=O)cc2)N1. The lowest BCUT2D eigenvalue weighted by Crippen LogP contribution is -2.56. The minimum Gasteiger partial charge on any atom is -0.353 e. The van der Waals surface area contributed by atoms with Crippen molar-refractivity contribution in [3.8, 4) is 0 Å². The first-order valence-corrected chi connectivity index (χ1v) is 10.1. The largest absolute Gasteiger partial charge is 0.353 e. The van der Waals surface area contributed by atoms with E-state index in [0.29, 0.717) is 17.9 Å². The van der Waals surface area contributed by atoms with Crippen molar-refractivity contribution in [1.82, 2.24) is 16.0 Å². The van der Waals surface area contributed by atoms with Crippen LogP contribution in [0.1, 0.15) is 19.8 Å². The lowest BCUT2D eigenvalue weighted by atomic mass is 10.1. The Bertz CT molecular complexity index is 768. The average Bonchev–Trinajstić information content (AvgIpc) is 2.65. The second kappa shape index (κ2) is 11.2. The fraction of sp³-hybridized carbons (Fsp3) is 0.368. The summed E-state index contributed by atoms with van der Waals surface area (Å²) in [5, 5.41) is 14.0. The molecule has 9 nitrogen and oxygen atoms in total. The number of rotatable bonds is 9. The number of thioether (sulfide) groups is 1. The molecular weight excluding hydrogens is 394 g/mol. The number of carbonyl (C=O) groups excluding carboxylic acids is 4. The molecule has 2 atom stereocenters. The molecule has 5 N–H and O–H groups in total. The Kier molecular flexibility index (Phi) is 8.68. The minimum atomic E-state index is -0.457. The first-order chi connectivity index (χ1) is 13.9. The maximum Gasteiger partial charge on any atom is 0.234 e. The molecule has 0 aliphatic carbocycles. The van der Waals surface area contributed by atoms with Crippen molar-refractivity contribution in [2.75, 3.05) is 22.9 Å². The molecule has 0 aromatic heterocycles. The summed E-state index contributed by atoms with van der Waals surface area (Å²) in [7, 11) is 0. The summed E-state index contributed by atoms with van der Waals surface area (Å²) in [6, 6.07) is 6.46. The molecule has 1 heterocycles. The van der Waals surface area contributed by atoms with Gasteiger partial charge in [-0.15, -0.1) is 18.3 Å². The second-order valence-corrected chi connectivity index (χ2v) is 7.52. The molecule has 0 saturated carbocycles. The van der Waals surface area contributed by atoms with Crippen LogP contribution in [0.25, 0.3) is 0 Å². The van der Waals surface area contributed by atoms with E-state index in [1.165, 1.54) is 18.7 Å². The van der Waals surface area contributed by atoms with E-state index >= 15 is 0 Å². The Morgan fingerprint density at radius 1 is 1.17 bits per heavy atom. The van der Waals surface area contributed by atoms with Crippen LogP contribution in [0, 0.1) is 0 Å². The molecule has 10 heteroatoms.